The molecule has 1 fully saturated rings. The first-order valence-corrected chi connectivity index (χ1v) is 7.53. The molecular weight excluding hydrogens is 208 g/mol. The molecule has 0 saturated heterocycles. The molecule has 2 nitrogen and oxygen atoms in total. The molecule has 0 aromatic rings. The molecule has 0 heterocycles. The Morgan fingerprint density at radius 3 is 2.24 bits per heavy atom. The number of nitrogens with zero attached hydrogens (tertiary/aromatic N) is 1. The van der Waals surface area contributed by atoms with Crippen molar-refractivity contribution in [1.29, 1.82) is 0 Å². The Morgan fingerprint density at radius 1 is 1.18 bits per heavy atom. The first-order valence-electron chi connectivity index (χ1n) is 7.53. The van der Waals surface area contributed by atoms with Crippen molar-refractivity contribution in [2.75, 3.05) is 13.1 Å². The molecule has 1 saturated carbocycles. The minimum absolute atomic E-state index is 0.606. The van der Waals surface area contributed by atoms with Crippen molar-refractivity contribution >= 4 is 0 Å². The maximum Gasteiger partial charge on any atom is 0.0223 e. The molecule has 1 unspecified atom stereocenters. The minimum Gasteiger partial charge on any atom is -0.313 e. The molecule has 0 radical (unpaired) electrons. The Balaban J connectivity index is 2.50. The molecule has 102 valence electrons. The monoisotopic (exact) mass is 240 g/mol. The van der Waals surface area contributed by atoms with Crippen molar-refractivity contribution in [3.8, 4) is 0 Å². The van der Waals surface area contributed by atoms with E-state index in [2.05, 4.69) is 44.8 Å². The average Bonchev–Trinajstić information content (AvgIpc) is 3.04. The normalized spacial score (nSPS) is 18.4. The second kappa shape index (κ2) is 7.38. The third-order valence-electron chi connectivity index (χ3n) is 3.44. The Hall–Kier alpha value is -0.0800. The molecule has 1 rings (SSSR count). The van der Waals surface area contributed by atoms with Crippen molar-refractivity contribution in [2.45, 2.75) is 78.4 Å². The van der Waals surface area contributed by atoms with Crippen molar-refractivity contribution in [2.24, 2.45) is 5.92 Å². The summed E-state index contributed by atoms with van der Waals surface area (Å²) >= 11 is 0. The van der Waals surface area contributed by atoms with Gasteiger partial charge in [-0.2, -0.15) is 0 Å². The Bertz CT molecular complexity index is 197. The third-order valence-corrected chi connectivity index (χ3v) is 3.44. The van der Waals surface area contributed by atoms with Gasteiger partial charge in [-0.25, -0.2) is 0 Å². The van der Waals surface area contributed by atoms with Gasteiger partial charge < -0.3 is 5.32 Å². The average molecular weight is 240 g/mol. The van der Waals surface area contributed by atoms with E-state index in [0.717, 1.165) is 24.5 Å². The van der Waals surface area contributed by atoms with Crippen molar-refractivity contribution < 1.29 is 0 Å². The van der Waals surface area contributed by atoms with Gasteiger partial charge in [0.1, 0.15) is 0 Å². The largest absolute Gasteiger partial charge is 0.313 e. The summed E-state index contributed by atoms with van der Waals surface area (Å²) in [6.07, 6.45) is 5.48. The number of hydrogen-bond donors (Lipinski definition) is 1. The Labute approximate surface area is 108 Å². The van der Waals surface area contributed by atoms with Crippen LogP contribution < -0.4 is 5.32 Å². The van der Waals surface area contributed by atoms with E-state index in [0.29, 0.717) is 6.04 Å². The fourth-order valence-electron chi connectivity index (χ4n) is 2.51. The fourth-order valence-corrected chi connectivity index (χ4v) is 2.51. The maximum atomic E-state index is 3.63. The van der Waals surface area contributed by atoms with Crippen LogP contribution in [-0.4, -0.2) is 36.1 Å². The summed E-state index contributed by atoms with van der Waals surface area (Å²) in [4.78, 5) is 2.78. The predicted molar refractivity (Wildman–Crippen MR) is 76.4 cm³/mol. The summed E-state index contributed by atoms with van der Waals surface area (Å²) in [5.74, 6) is 0.786. The van der Waals surface area contributed by atoms with Crippen LogP contribution in [0.3, 0.4) is 0 Å². The van der Waals surface area contributed by atoms with Gasteiger partial charge in [0.25, 0.3) is 0 Å². The molecule has 0 amide bonds. The van der Waals surface area contributed by atoms with Crippen LogP contribution in [0.4, 0.5) is 0 Å². The Kier molecular flexibility index (Phi) is 6.50. The molecular formula is C15H32N2. The molecule has 17 heavy (non-hydrogen) atoms. The van der Waals surface area contributed by atoms with Crippen LogP contribution in [-0.2, 0) is 0 Å². The zero-order valence-corrected chi connectivity index (χ0v) is 12.5. The van der Waals surface area contributed by atoms with Gasteiger partial charge in [-0.3, -0.25) is 4.90 Å². The van der Waals surface area contributed by atoms with Gasteiger partial charge in [-0.1, -0.05) is 41.0 Å². The second-order valence-electron chi connectivity index (χ2n) is 6.33. The van der Waals surface area contributed by atoms with Crippen molar-refractivity contribution in [3.05, 3.63) is 0 Å². The van der Waals surface area contributed by atoms with Gasteiger partial charge >= 0.3 is 0 Å². The molecule has 1 aliphatic carbocycles. The van der Waals surface area contributed by atoms with Crippen LogP contribution in [0.25, 0.3) is 0 Å². The number of hydrogen-bond acceptors (Lipinski definition) is 2. The number of nitrogens with one attached hydrogen (secondary N) is 1. The van der Waals surface area contributed by atoms with E-state index >= 15 is 0 Å². The van der Waals surface area contributed by atoms with Gasteiger partial charge in [-0.05, 0) is 25.2 Å². The maximum absolute atomic E-state index is 3.63. The van der Waals surface area contributed by atoms with Crippen molar-refractivity contribution in [1.82, 2.24) is 10.2 Å². The van der Waals surface area contributed by atoms with Crippen LogP contribution in [0.15, 0.2) is 0 Å². The minimum atomic E-state index is 0.606. The lowest BCUT2D eigenvalue weighted by Crippen LogP contribution is -2.46. The predicted octanol–water partition coefficient (Wildman–Crippen LogP) is 3.27. The van der Waals surface area contributed by atoms with Crippen LogP contribution in [0.2, 0.25) is 0 Å². The highest BCUT2D eigenvalue weighted by atomic mass is 15.2. The van der Waals surface area contributed by atoms with Crippen LogP contribution in [0.1, 0.15) is 60.3 Å². The molecule has 1 N–H and O–H groups in total. The second-order valence-corrected chi connectivity index (χ2v) is 6.33. The van der Waals surface area contributed by atoms with E-state index in [1.165, 1.54) is 32.2 Å². The Morgan fingerprint density at radius 2 is 1.82 bits per heavy atom. The molecule has 1 atom stereocenters. The molecule has 0 aromatic heterocycles. The van der Waals surface area contributed by atoms with Gasteiger partial charge in [-0.15, -0.1) is 0 Å². The molecule has 0 spiro atoms. The topological polar surface area (TPSA) is 15.3 Å². The number of rotatable bonds is 9. The lowest BCUT2D eigenvalue weighted by molar-refractivity contribution is 0.151. The summed E-state index contributed by atoms with van der Waals surface area (Å²) < 4.78 is 0. The van der Waals surface area contributed by atoms with Crippen LogP contribution in [0, 0.1) is 5.92 Å². The van der Waals surface area contributed by atoms with Gasteiger partial charge in [0.15, 0.2) is 0 Å². The molecule has 0 aliphatic heterocycles. The van der Waals surface area contributed by atoms with E-state index in [1.54, 1.807) is 0 Å². The van der Waals surface area contributed by atoms with Crippen LogP contribution in [0.5, 0.6) is 0 Å². The van der Waals surface area contributed by atoms with Crippen molar-refractivity contribution in [3.63, 3.8) is 0 Å². The lowest BCUT2D eigenvalue weighted by atomic mass is 10.1. The zero-order valence-electron chi connectivity index (χ0n) is 12.5. The lowest BCUT2D eigenvalue weighted by Gasteiger charge is -2.34. The highest BCUT2D eigenvalue weighted by Gasteiger charge is 2.33. The first kappa shape index (κ1) is 15.0. The van der Waals surface area contributed by atoms with Gasteiger partial charge in [0.05, 0.1) is 0 Å². The first-order chi connectivity index (χ1) is 8.04. The summed E-state index contributed by atoms with van der Waals surface area (Å²) in [5.41, 5.74) is 0. The highest BCUT2D eigenvalue weighted by molar-refractivity contribution is 4.90. The van der Waals surface area contributed by atoms with E-state index in [4.69, 9.17) is 0 Å². The van der Waals surface area contributed by atoms with E-state index in [-0.39, 0.29) is 0 Å². The smallest absolute Gasteiger partial charge is 0.0223 e. The zero-order chi connectivity index (χ0) is 12.8. The fraction of sp³-hybridized carbons (Fsp3) is 1.00. The SMILES string of the molecule is CCCC(CNC(C)C)N(CC(C)C)C1CC1. The van der Waals surface area contributed by atoms with E-state index in [1.807, 2.05) is 0 Å². The van der Waals surface area contributed by atoms with Gasteiger partial charge in [0, 0.05) is 31.2 Å². The van der Waals surface area contributed by atoms with E-state index < -0.39 is 0 Å². The summed E-state index contributed by atoms with van der Waals surface area (Å²) in [6.45, 7) is 13.9. The standard InChI is InChI=1S/C15H32N2/c1-6-7-15(10-16-13(4)5)17(11-12(2)3)14-8-9-14/h12-16H,6-11H2,1-5H3. The molecule has 1 aliphatic rings. The third kappa shape index (κ3) is 5.87. The molecule has 0 aromatic carbocycles. The van der Waals surface area contributed by atoms with Gasteiger partial charge in [0.2, 0.25) is 0 Å². The molecule has 0 bridgehead atoms. The summed E-state index contributed by atoms with van der Waals surface area (Å²) in [5, 5.41) is 3.63. The van der Waals surface area contributed by atoms with E-state index in [9.17, 15) is 0 Å². The highest BCUT2D eigenvalue weighted by Crippen LogP contribution is 2.30. The quantitative estimate of drug-likeness (QED) is 0.665. The summed E-state index contributed by atoms with van der Waals surface area (Å²) in [7, 11) is 0. The van der Waals surface area contributed by atoms with Crippen LogP contribution >= 0.6 is 0 Å². The molecule has 2 heteroatoms. The summed E-state index contributed by atoms with van der Waals surface area (Å²) in [6, 6.07) is 2.25.